The topological polar surface area (TPSA) is 26.3 Å². The monoisotopic (exact) mass is 264 g/mol. The van der Waals surface area contributed by atoms with Crippen LogP contribution in [0, 0.1) is 0 Å². The molecular formula is C8H9IO2. The summed E-state index contributed by atoms with van der Waals surface area (Å²) in [4.78, 5) is 10.4. The summed E-state index contributed by atoms with van der Waals surface area (Å²) in [6.45, 7) is 1.38. The molecule has 1 rings (SSSR count). The van der Waals surface area contributed by atoms with Crippen LogP contribution in [0.4, 0.5) is 0 Å². The summed E-state index contributed by atoms with van der Waals surface area (Å²) < 4.78 is 4.78. The predicted molar refractivity (Wildman–Crippen MR) is 53.2 cm³/mol. The van der Waals surface area contributed by atoms with E-state index in [1.807, 2.05) is 18.2 Å². The van der Waals surface area contributed by atoms with E-state index in [-0.39, 0.29) is 29.9 Å². The maximum Gasteiger partial charge on any atom is 0.308 e. The molecule has 3 heteroatoms. The number of ether oxygens (including phenoxy) is 1. The lowest BCUT2D eigenvalue weighted by Crippen LogP contribution is -2.00. The maximum absolute atomic E-state index is 10.4. The van der Waals surface area contributed by atoms with Gasteiger partial charge in [-0.05, 0) is 12.1 Å². The molecule has 2 nitrogen and oxygen atoms in total. The fraction of sp³-hybridized carbons (Fsp3) is 0.125. The molecule has 0 atom stereocenters. The Morgan fingerprint density at radius 2 is 1.82 bits per heavy atom. The number of para-hydroxylation sites is 1. The number of esters is 1. The van der Waals surface area contributed by atoms with Gasteiger partial charge in [0, 0.05) is 6.92 Å². The average Bonchev–Trinajstić information content (AvgIpc) is 1.88. The van der Waals surface area contributed by atoms with E-state index in [1.54, 1.807) is 12.1 Å². The zero-order valence-electron chi connectivity index (χ0n) is 6.11. The molecule has 0 spiro atoms. The van der Waals surface area contributed by atoms with Gasteiger partial charge in [0.1, 0.15) is 5.75 Å². The molecule has 0 aliphatic rings. The van der Waals surface area contributed by atoms with Crippen molar-refractivity contribution in [2.24, 2.45) is 0 Å². The second kappa shape index (κ2) is 5.12. The van der Waals surface area contributed by atoms with Crippen LogP contribution in [0.25, 0.3) is 0 Å². The van der Waals surface area contributed by atoms with Crippen LogP contribution in [0.15, 0.2) is 30.3 Å². The van der Waals surface area contributed by atoms with Crippen LogP contribution in [0.5, 0.6) is 5.75 Å². The maximum atomic E-state index is 10.4. The Morgan fingerprint density at radius 3 is 2.27 bits per heavy atom. The summed E-state index contributed by atoms with van der Waals surface area (Å²) >= 11 is 0. The summed E-state index contributed by atoms with van der Waals surface area (Å²) in [6.07, 6.45) is 0. The lowest BCUT2D eigenvalue weighted by molar-refractivity contribution is -0.131. The second-order valence-electron chi connectivity index (χ2n) is 1.91. The highest BCUT2D eigenvalue weighted by molar-refractivity contribution is 14.0. The van der Waals surface area contributed by atoms with Gasteiger partial charge in [0.05, 0.1) is 0 Å². The van der Waals surface area contributed by atoms with Crippen molar-refractivity contribution in [1.82, 2.24) is 0 Å². The molecule has 0 aromatic heterocycles. The Balaban J connectivity index is 0.000001000. The summed E-state index contributed by atoms with van der Waals surface area (Å²) in [5.41, 5.74) is 0. The molecule has 1 aromatic rings. The first-order chi connectivity index (χ1) is 4.79. The van der Waals surface area contributed by atoms with E-state index in [2.05, 4.69) is 0 Å². The minimum Gasteiger partial charge on any atom is -0.427 e. The minimum absolute atomic E-state index is 0. The third-order valence-electron chi connectivity index (χ3n) is 1.00. The molecule has 0 amide bonds. The summed E-state index contributed by atoms with van der Waals surface area (Å²) in [5.74, 6) is 0.307. The van der Waals surface area contributed by atoms with Crippen LogP contribution in [0.2, 0.25) is 0 Å². The molecular weight excluding hydrogens is 255 g/mol. The summed E-state index contributed by atoms with van der Waals surface area (Å²) in [6, 6.07) is 8.98. The third-order valence-corrected chi connectivity index (χ3v) is 1.00. The molecule has 0 radical (unpaired) electrons. The van der Waals surface area contributed by atoms with E-state index in [9.17, 15) is 4.79 Å². The zero-order valence-corrected chi connectivity index (χ0v) is 8.44. The Labute approximate surface area is 82.6 Å². The van der Waals surface area contributed by atoms with Gasteiger partial charge < -0.3 is 4.74 Å². The molecule has 11 heavy (non-hydrogen) atoms. The van der Waals surface area contributed by atoms with Crippen molar-refractivity contribution in [1.29, 1.82) is 0 Å². The fourth-order valence-electron chi connectivity index (χ4n) is 0.655. The van der Waals surface area contributed by atoms with Crippen molar-refractivity contribution in [3.8, 4) is 5.75 Å². The van der Waals surface area contributed by atoms with Crippen LogP contribution >= 0.6 is 24.0 Å². The Morgan fingerprint density at radius 1 is 1.27 bits per heavy atom. The number of hydrogen-bond donors (Lipinski definition) is 0. The van der Waals surface area contributed by atoms with Crippen molar-refractivity contribution < 1.29 is 9.53 Å². The highest BCUT2D eigenvalue weighted by atomic mass is 127. The molecule has 0 aliphatic carbocycles. The standard InChI is InChI=1S/C8H8O2.HI/c1-7(9)10-8-5-3-2-4-6-8;/h2-6H,1H3;1H. The molecule has 1 aromatic carbocycles. The lowest BCUT2D eigenvalue weighted by atomic mass is 10.3. The Kier molecular flexibility index (Phi) is 4.85. The number of carbonyl (C=O) groups excluding carboxylic acids is 1. The summed E-state index contributed by atoms with van der Waals surface area (Å²) in [7, 11) is 0. The van der Waals surface area contributed by atoms with Gasteiger partial charge in [0.25, 0.3) is 0 Å². The summed E-state index contributed by atoms with van der Waals surface area (Å²) in [5, 5.41) is 0. The number of benzene rings is 1. The van der Waals surface area contributed by atoms with Gasteiger partial charge in [-0.15, -0.1) is 24.0 Å². The second-order valence-corrected chi connectivity index (χ2v) is 1.91. The molecule has 0 aliphatic heterocycles. The molecule has 0 saturated carbocycles. The van der Waals surface area contributed by atoms with Gasteiger partial charge in [-0.1, -0.05) is 18.2 Å². The van der Waals surface area contributed by atoms with E-state index >= 15 is 0 Å². The van der Waals surface area contributed by atoms with Crippen molar-refractivity contribution in [2.75, 3.05) is 0 Å². The van der Waals surface area contributed by atoms with Crippen molar-refractivity contribution in [2.45, 2.75) is 6.92 Å². The van der Waals surface area contributed by atoms with Crippen LogP contribution in [-0.4, -0.2) is 5.97 Å². The van der Waals surface area contributed by atoms with Gasteiger partial charge in [0.2, 0.25) is 0 Å². The van der Waals surface area contributed by atoms with E-state index in [0.29, 0.717) is 5.75 Å². The number of rotatable bonds is 1. The van der Waals surface area contributed by atoms with Crippen LogP contribution in [-0.2, 0) is 4.79 Å². The lowest BCUT2D eigenvalue weighted by Gasteiger charge is -1.97. The SMILES string of the molecule is CC(=O)Oc1ccccc1.I. The zero-order chi connectivity index (χ0) is 7.40. The first-order valence-corrected chi connectivity index (χ1v) is 3.02. The van der Waals surface area contributed by atoms with Gasteiger partial charge >= 0.3 is 5.97 Å². The Hall–Kier alpha value is -0.580. The first-order valence-electron chi connectivity index (χ1n) is 3.02. The van der Waals surface area contributed by atoms with Crippen molar-refractivity contribution in [3.63, 3.8) is 0 Å². The highest BCUT2D eigenvalue weighted by Crippen LogP contribution is 2.07. The molecule has 0 unspecified atom stereocenters. The number of carbonyl (C=O) groups is 1. The largest absolute Gasteiger partial charge is 0.427 e. The normalized spacial score (nSPS) is 8.09. The number of hydrogen-bond acceptors (Lipinski definition) is 2. The van der Waals surface area contributed by atoms with E-state index in [1.165, 1.54) is 6.92 Å². The molecule has 0 N–H and O–H groups in total. The third kappa shape index (κ3) is 3.98. The van der Waals surface area contributed by atoms with E-state index in [4.69, 9.17) is 4.74 Å². The predicted octanol–water partition coefficient (Wildman–Crippen LogP) is 2.23. The van der Waals surface area contributed by atoms with Crippen molar-refractivity contribution in [3.05, 3.63) is 30.3 Å². The average molecular weight is 264 g/mol. The molecule has 0 heterocycles. The van der Waals surface area contributed by atoms with Gasteiger partial charge in [-0.2, -0.15) is 0 Å². The highest BCUT2D eigenvalue weighted by Gasteiger charge is 1.92. The molecule has 0 saturated heterocycles. The minimum atomic E-state index is -0.286. The molecule has 0 fully saturated rings. The smallest absolute Gasteiger partial charge is 0.308 e. The molecule has 60 valence electrons. The fourth-order valence-corrected chi connectivity index (χ4v) is 0.655. The van der Waals surface area contributed by atoms with Crippen LogP contribution < -0.4 is 4.74 Å². The number of halogens is 1. The van der Waals surface area contributed by atoms with Gasteiger partial charge in [-0.3, -0.25) is 4.79 Å². The Bertz CT molecular complexity index is 221. The van der Waals surface area contributed by atoms with Crippen molar-refractivity contribution >= 4 is 29.9 Å². The quantitative estimate of drug-likeness (QED) is 0.441. The van der Waals surface area contributed by atoms with Crippen LogP contribution in [0.1, 0.15) is 6.92 Å². The first kappa shape index (κ1) is 10.4. The van der Waals surface area contributed by atoms with Gasteiger partial charge in [-0.25, -0.2) is 0 Å². The molecule has 0 bridgehead atoms. The van der Waals surface area contributed by atoms with E-state index in [0.717, 1.165) is 0 Å². The van der Waals surface area contributed by atoms with Gasteiger partial charge in [0.15, 0.2) is 0 Å². The van der Waals surface area contributed by atoms with Crippen LogP contribution in [0.3, 0.4) is 0 Å². The van der Waals surface area contributed by atoms with E-state index < -0.39 is 0 Å².